The SMILES string of the molecule is Cc1ccc2c(c1)c1c(n2C[C@H](O)CNC[C@H]2CCCO2)CCCC1. The van der Waals surface area contributed by atoms with E-state index in [4.69, 9.17) is 4.74 Å². The predicted octanol–water partition coefficient (Wildman–Crippen LogP) is 2.96. The number of benzene rings is 1. The van der Waals surface area contributed by atoms with E-state index in [0.29, 0.717) is 19.2 Å². The van der Waals surface area contributed by atoms with Crippen LogP contribution in [0.4, 0.5) is 0 Å². The first-order chi connectivity index (χ1) is 12.2. The fourth-order valence-corrected chi connectivity index (χ4v) is 4.45. The van der Waals surface area contributed by atoms with Crippen LogP contribution in [0.25, 0.3) is 10.9 Å². The Labute approximate surface area is 150 Å². The van der Waals surface area contributed by atoms with Gasteiger partial charge in [0.2, 0.25) is 0 Å². The molecule has 0 amide bonds. The summed E-state index contributed by atoms with van der Waals surface area (Å²) >= 11 is 0. The number of aliphatic hydroxyl groups is 1. The Kier molecular flexibility index (Phi) is 5.11. The third kappa shape index (κ3) is 3.62. The Hall–Kier alpha value is -1.36. The molecule has 4 heteroatoms. The van der Waals surface area contributed by atoms with E-state index in [1.165, 1.54) is 47.0 Å². The van der Waals surface area contributed by atoms with Crippen LogP contribution in [-0.2, 0) is 24.1 Å². The highest BCUT2D eigenvalue weighted by atomic mass is 16.5. The maximum Gasteiger partial charge on any atom is 0.0843 e. The normalized spacial score (nSPS) is 21.6. The lowest BCUT2D eigenvalue weighted by molar-refractivity contribution is 0.101. The van der Waals surface area contributed by atoms with Gasteiger partial charge in [-0.1, -0.05) is 11.6 Å². The summed E-state index contributed by atoms with van der Waals surface area (Å²) in [5.41, 5.74) is 5.57. The van der Waals surface area contributed by atoms with Crippen LogP contribution < -0.4 is 5.32 Å². The quantitative estimate of drug-likeness (QED) is 0.848. The van der Waals surface area contributed by atoms with Crippen LogP contribution in [-0.4, -0.2) is 41.6 Å². The van der Waals surface area contributed by atoms with Crippen LogP contribution in [0.1, 0.15) is 42.5 Å². The number of nitrogens with one attached hydrogen (secondary N) is 1. The summed E-state index contributed by atoms with van der Waals surface area (Å²) in [6.45, 7) is 5.19. The molecule has 2 atom stereocenters. The smallest absolute Gasteiger partial charge is 0.0843 e. The lowest BCUT2D eigenvalue weighted by atomic mass is 9.95. The van der Waals surface area contributed by atoms with Crippen LogP contribution in [0.3, 0.4) is 0 Å². The van der Waals surface area contributed by atoms with Crippen LogP contribution in [0.5, 0.6) is 0 Å². The molecule has 2 N–H and O–H groups in total. The topological polar surface area (TPSA) is 46.4 Å². The van der Waals surface area contributed by atoms with Gasteiger partial charge in [0.15, 0.2) is 0 Å². The monoisotopic (exact) mass is 342 g/mol. The van der Waals surface area contributed by atoms with Gasteiger partial charge in [-0.3, -0.25) is 0 Å². The minimum absolute atomic E-state index is 0.329. The second-order valence-electron chi connectivity index (χ2n) is 7.71. The van der Waals surface area contributed by atoms with Crippen LogP contribution in [0.15, 0.2) is 18.2 Å². The summed E-state index contributed by atoms with van der Waals surface area (Å²) in [4.78, 5) is 0. The van der Waals surface area contributed by atoms with E-state index in [-0.39, 0.29) is 6.10 Å². The molecule has 0 radical (unpaired) electrons. The van der Waals surface area contributed by atoms with E-state index in [2.05, 4.69) is 35.0 Å². The van der Waals surface area contributed by atoms with Crippen molar-refractivity contribution >= 4 is 10.9 Å². The minimum Gasteiger partial charge on any atom is -0.390 e. The Bertz CT molecular complexity index is 731. The molecule has 2 aromatic rings. The van der Waals surface area contributed by atoms with Crippen LogP contribution >= 0.6 is 0 Å². The number of fused-ring (bicyclic) bond motifs is 3. The number of aliphatic hydroxyl groups excluding tert-OH is 1. The summed E-state index contributed by atoms with van der Waals surface area (Å²) in [6.07, 6.45) is 7.11. The van der Waals surface area contributed by atoms with Crippen LogP contribution in [0.2, 0.25) is 0 Å². The van der Waals surface area contributed by atoms with Crippen molar-refractivity contribution in [2.45, 2.75) is 64.2 Å². The maximum atomic E-state index is 10.6. The third-order valence-corrected chi connectivity index (χ3v) is 5.70. The molecule has 0 unspecified atom stereocenters. The number of hydrogen-bond donors (Lipinski definition) is 2. The highest BCUT2D eigenvalue weighted by Gasteiger charge is 2.21. The zero-order valence-corrected chi connectivity index (χ0v) is 15.3. The Morgan fingerprint density at radius 2 is 2.16 bits per heavy atom. The van der Waals surface area contributed by atoms with Gasteiger partial charge in [0.1, 0.15) is 0 Å². The summed E-state index contributed by atoms with van der Waals surface area (Å²) in [5.74, 6) is 0. The molecule has 0 spiro atoms. The average Bonchev–Trinajstić information content (AvgIpc) is 3.22. The van der Waals surface area contributed by atoms with E-state index >= 15 is 0 Å². The Morgan fingerprint density at radius 3 is 3.00 bits per heavy atom. The minimum atomic E-state index is -0.371. The van der Waals surface area contributed by atoms with Gasteiger partial charge in [-0.2, -0.15) is 0 Å². The van der Waals surface area contributed by atoms with Crippen molar-refractivity contribution in [3.63, 3.8) is 0 Å². The average molecular weight is 342 g/mol. The summed E-state index contributed by atoms with van der Waals surface area (Å²) in [7, 11) is 0. The molecule has 1 fully saturated rings. The van der Waals surface area contributed by atoms with Gasteiger partial charge in [-0.25, -0.2) is 0 Å². The molecule has 2 aliphatic rings. The van der Waals surface area contributed by atoms with Gasteiger partial charge < -0.3 is 19.7 Å². The van der Waals surface area contributed by atoms with Gasteiger partial charge in [-0.15, -0.1) is 0 Å². The molecule has 4 nitrogen and oxygen atoms in total. The Morgan fingerprint density at radius 1 is 1.28 bits per heavy atom. The molecule has 1 aliphatic carbocycles. The van der Waals surface area contributed by atoms with Crippen molar-refractivity contribution in [3.8, 4) is 0 Å². The largest absolute Gasteiger partial charge is 0.390 e. The zero-order chi connectivity index (χ0) is 17.2. The second-order valence-corrected chi connectivity index (χ2v) is 7.71. The summed E-state index contributed by atoms with van der Waals surface area (Å²) in [6, 6.07) is 6.74. The van der Waals surface area contributed by atoms with Gasteiger partial charge in [0.05, 0.1) is 18.8 Å². The van der Waals surface area contributed by atoms with E-state index in [0.717, 1.165) is 32.4 Å². The molecule has 1 aliphatic heterocycles. The predicted molar refractivity (Wildman–Crippen MR) is 101 cm³/mol. The van der Waals surface area contributed by atoms with E-state index < -0.39 is 0 Å². The van der Waals surface area contributed by atoms with E-state index in [1.54, 1.807) is 0 Å². The van der Waals surface area contributed by atoms with E-state index in [9.17, 15) is 5.11 Å². The molecule has 25 heavy (non-hydrogen) atoms. The van der Waals surface area contributed by atoms with Crippen molar-refractivity contribution in [3.05, 3.63) is 35.0 Å². The molecular formula is C21H30N2O2. The number of aromatic nitrogens is 1. The fourth-order valence-electron chi connectivity index (χ4n) is 4.45. The first-order valence-electron chi connectivity index (χ1n) is 9.83. The van der Waals surface area contributed by atoms with Crippen molar-refractivity contribution in [2.75, 3.05) is 19.7 Å². The van der Waals surface area contributed by atoms with Crippen LogP contribution in [0, 0.1) is 6.92 Å². The first-order valence-corrected chi connectivity index (χ1v) is 9.83. The maximum absolute atomic E-state index is 10.6. The number of rotatable bonds is 6. The molecule has 2 heterocycles. The first kappa shape index (κ1) is 17.1. The molecule has 4 rings (SSSR count). The van der Waals surface area contributed by atoms with E-state index in [1.807, 2.05) is 0 Å². The molecule has 136 valence electrons. The molecule has 0 saturated carbocycles. The van der Waals surface area contributed by atoms with Gasteiger partial charge in [0.25, 0.3) is 0 Å². The van der Waals surface area contributed by atoms with Crippen molar-refractivity contribution < 1.29 is 9.84 Å². The second kappa shape index (κ2) is 7.48. The highest BCUT2D eigenvalue weighted by Crippen LogP contribution is 2.33. The molecule has 1 aromatic carbocycles. The molecule has 1 saturated heterocycles. The lowest BCUT2D eigenvalue weighted by Crippen LogP contribution is -2.35. The fraction of sp³-hybridized carbons (Fsp3) is 0.619. The standard InChI is InChI=1S/C21H30N2O2/c1-15-8-9-21-19(11-15)18-6-2-3-7-20(18)23(21)14-16(24)12-22-13-17-5-4-10-25-17/h8-9,11,16-17,22,24H,2-7,10,12-14H2,1H3/t16-,17-/m1/s1. The molecular weight excluding hydrogens is 312 g/mol. The molecule has 0 bridgehead atoms. The van der Waals surface area contributed by atoms with Crippen molar-refractivity contribution in [1.29, 1.82) is 0 Å². The number of aryl methyl sites for hydroxylation is 2. The third-order valence-electron chi connectivity index (χ3n) is 5.70. The zero-order valence-electron chi connectivity index (χ0n) is 15.3. The van der Waals surface area contributed by atoms with Crippen molar-refractivity contribution in [2.24, 2.45) is 0 Å². The van der Waals surface area contributed by atoms with Gasteiger partial charge >= 0.3 is 0 Å². The summed E-state index contributed by atoms with van der Waals surface area (Å²) in [5, 5.41) is 15.4. The number of ether oxygens (including phenoxy) is 1. The highest BCUT2D eigenvalue weighted by molar-refractivity contribution is 5.86. The van der Waals surface area contributed by atoms with Gasteiger partial charge in [0, 0.05) is 36.3 Å². The number of hydrogen-bond acceptors (Lipinski definition) is 3. The van der Waals surface area contributed by atoms with Crippen molar-refractivity contribution in [1.82, 2.24) is 9.88 Å². The Balaban J connectivity index is 1.48. The van der Waals surface area contributed by atoms with Gasteiger partial charge in [-0.05, 0) is 63.1 Å². The summed E-state index contributed by atoms with van der Waals surface area (Å²) < 4.78 is 8.01. The lowest BCUT2D eigenvalue weighted by Gasteiger charge is -2.19. The molecule has 1 aromatic heterocycles. The number of nitrogens with zero attached hydrogens (tertiary/aromatic N) is 1.